The monoisotopic (exact) mass is 314 g/mol. The molecule has 0 bridgehead atoms. The summed E-state index contributed by atoms with van der Waals surface area (Å²) in [6, 6.07) is 4.23. The number of carbonyl (C=O) groups excluding carboxylic acids is 1. The third kappa shape index (κ3) is 4.17. The minimum atomic E-state index is -0.883. The second-order valence-corrected chi connectivity index (χ2v) is 6.01. The first-order valence-corrected chi connectivity index (χ1v) is 7.67. The minimum Gasteiger partial charge on any atom is -0.481 e. The van der Waals surface area contributed by atoms with Crippen LogP contribution in [-0.4, -0.2) is 33.5 Å². The first-order valence-electron chi connectivity index (χ1n) is 5.70. The Morgan fingerprint density at radius 1 is 1.45 bits per heavy atom. The maximum absolute atomic E-state index is 13.0. The van der Waals surface area contributed by atoms with Crippen LogP contribution in [0.15, 0.2) is 18.2 Å². The van der Waals surface area contributed by atoms with Crippen LogP contribution in [0.1, 0.15) is 6.42 Å². The topological polar surface area (TPSA) is 79.3 Å². The van der Waals surface area contributed by atoms with Crippen molar-refractivity contribution in [1.29, 1.82) is 0 Å². The molecule has 2 rings (SSSR count). The lowest BCUT2D eigenvalue weighted by molar-refractivity contribution is -0.136. The van der Waals surface area contributed by atoms with Gasteiger partial charge in [-0.25, -0.2) is 9.37 Å². The lowest BCUT2D eigenvalue weighted by Crippen LogP contribution is -2.14. The van der Waals surface area contributed by atoms with Crippen molar-refractivity contribution in [2.24, 2.45) is 0 Å². The van der Waals surface area contributed by atoms with Crippen molar-refractivity contribution in [3.05, 3.63) is 24.0 Å². The summed E-state index contributed by atoms with van der Waals surface area (Å²) in [6.07, 6.45) is 0.0262. The van der Waals surface area contributed by atoms with Crippen molar-refractivity contribution >= 4 is 50.3 Å². The van der Waals surface area contributed by atoms with E-state index < -0.39 is 5.97 Å². The summed E-state index contributed by atoms with van der Waals surface area (Å²) in [6.45, 7) is 0. The molecule has 1 aromatic heterocycles. The number of thiazole rings is 1. The fourth-order valence-corrected chi connectivity index (χ4v) is 3.06. The van der Waals surface area contributed by atoms with E-state index in [0.717, 1.165) is 0 Å². The number of hydrogen-bond donors (Lipinski definition) is 2. The summed E-state index contributed by atoms with van der Waals surface area (Å²) < 4.78 is 13.7. The van der Waals surface area contributed by atoms with Gasteiger partial charge in [-0.05, 0) is 18.2 Å². The van der Waals surface area contributed by atoms with E-state index >= 15 is 0 Å². The highest BCUT2D eigenvalue weighted by atomic mass is 32.2. The highest BCUT2D eigenvalue weighted by Gasteiger charge is 2.09. The van der Waals surface area contributed by atoms with Gasteiger partial charge in [-0.15, -0.1) is 0 Å². The molecule has 0 saturated carbocycles. The molecule has 1 amide bonds. The lowest BCUT2D eigenvalue weighted by atomic mass is 10.3. The largest absolute Gasteiger partial charge is 0.481 e. The Labute approximate surface area is 122 Å². The van der Waals surface area contributed by atoms with Gasteiger partial charge in [0.05, 0.1) is 22.4 Å². The van der Waals surface area contributed by atoms with Gasteiger partial charge in [0.15, 0.2) is 5.13 Å². The average molecular weight is 314 g/mol. The fourth-order valence-electron chi connectivity index (χ4n) is 1.43. The van der Waals surface area contributed by atoms with Gasteiger partial charge in [0.1, 0.15) is 5.82 Å². The predicted octanol–water partition coefficient (Wildman–Crippen LogP) is 2.58. The smallest absolute Gasteiger partial charge is 0.304 e. The summed E-state index contributed by atoms with van der Waals surface area (Å²) in [5, 5.41) is 11.5. The quantitative estimate of drug-likeness (QED) is 0.801. The van der Waals surface area contributed by atoms with Gasteiger partial charge in [0.25, 0.3) is 0 Å². The van der Waals surface area contributed by atoms with Crippen LogP contribution in [0, 0.1) is 5.82 Å². The predicted molar refractivity (Wildman–Crippen MR) is 77.8 cm³/mol. The number of aromatic nitrogens is 1. The molecular formula is C12H11FN2O3S2. The Bertz CT molecular complexity index is 645. The van der Waals surface area contributed by atoms with Crippen molar-refractivity contribution in [2.75, 3.05) is 16.8 Å². The Hall–Kier alpha value is -1.67. The number of amides is 1. The Kier molecular flexibility index (Phi) is 4.91. The van der Waals surface area contributed by atoms with Gasteiger partial charge >= 0.3 is 5.97 Å². The van der Waals surface area contributed by atoms with Crippen LogP contribution in [0.4, 0.5) is 9.52 Å². The van der Waals surface area contributed by atoms with E-state index in [1.807, 2.05) is 0 Å². The number of hydrogen-bond acceptors (Lipinski definition) is 5. The molecule has 2 N–H and O–H groups in total. The molecule has 0 aliphatic carbocycles. The third-order valence-electron chi connectivity index (χ3n) is 2.29. The molecule has 20 heavy (non-hydrogen) atoms. The summed E-state index contributed by atoms with van der Waals surface area (Å²) in [4.78, 5) is 26.1. The molecule has 106 valence electrons. The standard InChI is InChI=1S/C12H11FN2O3S2/c13-7-1-2-8-9(5-7)20-12(14-8)15-10(16)6-19-4-3-11(17)18/h1-2,5H,3-4,6H2,(H,17,18)(H,14,15,16). The number of benzene rings is 1. The summed E-state index contributed by atoms with van der Waals surface area (Å²) >= 11 is 2.44. The molecule has 0 spiro atoms. The summed E-state index contributed by atoms with van der Waals surface area (Å²) in [7, 11) is 0. The first-order chi connectivity index (χ1) is 9.54. The SMILES string of the molecule is O=C(O)CCSCC(=O)Nc1nc2ccc(F)cc2s1. The molecule has 8 heteroatoms. The van der Waals surface area contributed by atoms with Gasteiger partial charge in [-0.2, -0.15) is 11.8 Å². The number of anilines is 1. The molecule has 5 nitrogen and oxygen atoms in total. The number of rotatable bonds is 6. The number of thioether (sulfide) groups is 1. The number of nitrogens with zero attached hydrogens (tertiary/aromatic N) is 1. The molecule has 1 heterocycles. The van der Waals surface area contributed by atoms with E-state index in [1.165, 1.54) is 35.2 Å². The highest BCUT2D eigenvalue weighted by molar-refractivity contribution is 7.99. The Morgan fingerprint density at radius 3 is 3.00 bits per heavy atom. The minimum absolute atomic E-state index is 0.0262. The van der Waals surface area contributed by atoms with E-state index in [2.05, 4.69) is 10.3 Å². The lowest BCUT2D eigenvalue weighted by Gasteiger charge is -2.00. The molecule has 0 aliphatic rings. The summed E-state index contributed by atoms with van der Waals surface area (Å²) in [5.74, 6) is -0.931. The van der Waals surface area contributed by atoms with Gasteiger partial charge in [-0.1, -0.05) is 11.3 Å². The molecule has 0 fully saturated rings. The maximum atomic E-state index is 13.0. The second-order valence-electron chi connectivity index (χ2n) is 3.88. The highest BCUT2D eigenvalue weighted by Crippen LogP contribution is 2.26. The van der Waals surface area contributed by atoms with Gasteiger partial charge < -0.3 is 10.4 Å². The van der Waals surface area contributed by atoms with E-state index in [-0.39, 0.29) is 23.9 Å². The van der Waals surface area contributed by atoms with E-state index in [0.29, 0.717) is 21.1 Å². The number of nitrogens with one attached hydrogen (secondary N) is 1. The van der Waals surface area contributed by atoms with E-state index in [1.54, 1.807) is 6.07 Å². The molecular weight excluding hydrogens is 303 g/mol. The second kappa shape index (κ2) is 6.67. The van der Waals surface area contributed by atoms with Crippen molar-refractivity contribution in [2.45, 2.75) is 6.42 Å². The van der Waals surface area contributed by atoms with Crippen LogP contribution in [0.3, 0.4) is 0 Å². The third-order valence-corrected chi connectivity index (χ3v) is 4.18. The van der Waals surface area contributed by atoms with Gasteiger partial charge in [0.2, 0.25) is 5.91 Å². The molecule has 2 aromatic rings. The van der Waals surface area contributed by atoms with E-state index in [9.17, 15) is 14.0 Å². The Morgan fingerprint density at radius 2 is 2.25 bits per heavy atom. The Balaban J connectivity index is 1.88. The van der Waals surface area contributed by atoms with Crippen molar-refractivity contribution in [3.8, 4) is 0 Å². The van der Waals surface area contributed by atoms with Gasteiger partial charge in [0, 0.05) is 5.75 Å². The average Bonchev–Trinajstić information content (AvgIpc) is 2.75. The van der Waals surface area contributed by atoms with Crippen LogP contribution < -0.4 is 5.32 Å². The zero-order valence-corrected chi connectivity index (χ0v) is 11.9. The molecule has 0 atom stereocenters. The molecule has 0 unspecified atom stereocenters. The van der Waals surface area contributed by atoms with Crippen LogP contribution in [0.5, 0.6) is 0 Å². The maximum Gasteiger partial charge on any atom is 0.304 e. The van der Waals surface area contributed by atoms with E-state index in [4.69, 9.17) is 5.11 Å². The van der Waals surface area contributed by atoms with Crippen molar-refractivity contribution < 1.29 is 19.1 Å². The number of aliphatic carboxylic acids is 1. The molecule has 0 radical (unpaired) electrons. The van der Waals surface area contributed by atoms with Crippen LogP contribution in [0.2, 0.25) is 0 Å². The number of carbonyl (C=O) groups is 2. The first kappa shape index (κ1) is 14.7. The molecule has 1 aromatic carbocycles. The zero-order valence-electron chi connectivity index (χ0n) is 10.3. The number of carboxylic acid groups (broad SMARTS) is 1. The van der Waals surface area contributed by atoms with Gasteiger partial charge in [-0.3, -0.25) is 9.59 Å². The molecule has 0 aliphatic heterocycles. The number of halogens is 1. The van der Waals surface area contributed by atoms with Crippen LogP contribution >= 0.6 is 23.1 Å². The van der Waals surface area contributed by atoms with Crippen molar-refractivity contribution in [1.82, 2.24) is 4.98 Å². The number of carboxylic acids is 1. The normalized spacial score (nSPS) is 10.7. The van der Waals surface area contributed by atoms with Crippen LogP contribution in [-0.2, 0) is 9.59 Å². The number of fused-ring (bicyclic) bond motifs is 1. The zero-order chi connectivity index (χ0) is 14.5. The fraction of sp³-hybridized carbons (Fsp3) is 0.250. The van der Waals surface area contributed by atoms with Crippen molar-refractivity contribution in [3.63, 3.8) is 0 Å². The van der Waals surface area contributed by atoms with Crippen LogP contribution in [0.25, 0.3) is 10.2 Å². The molecule has 0 saturated heterocycles. The summed E-state index contributed by atoms with van der Waals surface area (Å²) in [5.41, 5.74) is 0.630.